The number of pyridine rings is 2. The number of aromatic hydroxyl groups is 1. The highest BCUT2D eigenvalue weighted by Gasteiger charge is 2.24. The van der Waals surface area contributed by atoms with Crippen LogP contribution in [0.3, 0.4) is 0 Å². The fraction of sp³-hybridized carbons (Fsp3) is 0. The molecular weight excluding hydrogens is 388 g/mol. The third-order valence-corrected chi connectivity index (χ3v) is 4.68. The van der Waals surface area contributed by atoms with Crippen LogP contribution in [0.25, 0.3) is 16.9 Å². The van der Waals surface area contributed by atoms with E-state index in [0.29, 0.717) is 16.7 Å². The van der Waals surface area contributed by atoms with Gasteiger partial charge in [0.2, 0.25) is 5.88 Å². The number of rotatable bonds is 4. The molecule has 0 unspecified atom stereocenters. The van der Waals surface area contributed by atoms with Crippen LogP contribution in [0.2, 0.25) is 5.15 Å². The zero-order valence-electron chi connectivity index (χ0n) is 15.1. The maximum atomic E-state index is 13.3. The fourth-order valence-electron chi connectivity index (χ4n) is 3.14. The Morgan fingerprint density at radius 3 is 2.21 bits per heavy atom. The van der Waals surface area contributed by atoms with Gasteiger partial charge >= 0.3 is 0 Å². The number of ketones is 1. The third kappa shape index (κ3) is 3.56. The van der Waals surface area contributed by atoms with Crippen molar-refractivity contribution in [1.29, 1.82) is 0 Å². The molecule has 0 saturated heterocycles. The summed E-state index contributed by atoms with van der Waals surface area (Å²) in [6, 6.07) is 23.6. The molecule has 0 atom stereocenters. The van der Waals surface area contributed by atoms with Crippen molar-refractivity contribution in [1.82, 2.24) is 9.55 Å². The maximum Gasteiger partial charge on any atom is 0.259 e. The van der Waals surface area contributed by atoms with Gasteiger partial charge in [-0.15, -0.1) is 0 Å². The number of benzene rings is 2. The monoisotopic (exact) mass is 402 g/mol. The lowest BCUT2D eigenvalue weighted by Crippen LogP contribution is -2.22. The molecule has 6 heteroatoms. The van der Waals surface area contributed by atoms with E-state index in [2.05, 4.69) is 4.98 Å². The molecule has 142 valence electrons. The first kappa shape index (κ1) is 18.7. The molecule has 4 rings (SSSR count). The molecule has 29 heavy (non-hydrogen) atoms. The summed E-state index contributed by atoms with van der Waals surface area (Å²) in [5.74, 6) is -0.764. The van der Waals surface area contributed by atoms with Gasteiger partial charge in [0.1, 0.15) is 11.0 Å². The third-order valence-electron chi connectivity index (χ3n) is 4.47. The van der Waals surface area contributed by atoms with Gasteiger partial charge in [0.15, 0.2) is 5.78 Å². The predicted octanol–water partition coefficient (Wildman–Crippen LogP) is 4.49. The minimum absolute atomic E-state index is 0.0174. The topological polar surface area (TPSA) is 72.2 Å². The zero-order valence-corrected chi connectivity index (χ0v) is 15.9. The lowest BCUT2D eigenvalue weighted by Gasteiger charge is -2.16. The lowest BCUT2D eigenvalue weighted by atomic mass is 9.95. The number of carbonyl (C=O) groups is 1. The van der Waals surface area contributed by atoms with Crippen molar-refractivity contribution in [2.24, 2.45) is 0 Å². The summed E-state index contributed by atoms with van der Waals surface area (Å²) in [7, 11) is 0. The summed E-state index contributed by atoms with van der Waals surface area (Å²) in [6.07, 6.45) is 0. The van der Waals surface area contributed by atoms with Crippen LogP contribution in [0, 0.1) is 0 Å². The first-order valence-electron chi connectivity index (χ1n) is 8.83. The average molecular weight is 403 g/mol. The van der Waals surface area contributed by atoms with Crippen LogP contribution in [0.1, 0.15) is 15.9 Å². The Balaban J connectivity index is 2.03. The Hall–Kier alpha value is -3.70. The molecule has 0 aliphatic heterocycles. The van der Waals surface area contributed by atoms with Crippen molar-refractivity contribution in [3.8, 4) is 22.8 Å². The lowest BCUT2D eigenvalue weighted by molar-refractivity contribution is 0.103. The van der Waals surface area contributed by atoms with Crippen molar-refractivity contribution >= 4 is 17.4 Å². The normalized spacial score (nSPS) is 10.7. The number of hydrogen-bond donors (Lipinski definition) is 1. The number of nitrogens with zero attached hydrogens (tertiary/aromatic N) is 2. The van der Waals surface area contributed by atoms with Crippen molar-refractivity contribution in [2.45, 2.75) is 0 Å². The SMILES string of the molecule is O=C(c1ccccc1)c1c(-c2ccccc2)cc(=O)n(-c2cccc(Cl)n2)c1O. The van der Waals surface area contributed by atoms with E-state index in [1.54, 1.807) is 66.7 Å². The van der Waals surface area contributed by atoms with E-state index in [1.807, 2.05) is 6.07 Å². The highest BCUT2D eigenvalue weighted by molar-refractivity contribution is 6.29. The molecule has 0 radical (unpaired) electrons. The Labute approximate surface area is 171 Å². The highest BCUT2D eigenvalue weighted by Crippen LogP contribution is 2.32. The fourth-order valence-corrected chi connectivity index (χ4v) is 3.30. The van der Waals surface area contributed by atoms with Gasteiger partial charge in [0, 0.05) is 17.2 Å². The van der Waals surface area contributed by atoms with E-state index in [4.69, 9.17) is 11.6 Å². The Morgan fingerprint density at radius 1 is 0.897 bits per heavy atom. The second kappa shape index (κ2) is 7.73. The Morgan fingerprint density at radius 2 is 1.55 bits per heavy atom. The molecular formula is C23H15ClN2O3. The molecule has 5 nitrogen and oxygen atoms in total. The number of hydrogen-bond acceptors (Lipinski definition) is 4. The molecule has 0 saturated carbocycles. The van der Waals surface area contributed by atoms with Crippen LogP contribution < -0.4 is 5.56 Å². The Bertz CT molecular complexity index is 1250. The summed E-state index contributed by atoms with van der Waals surface area (Å²) >= 11 is 5.95. The van der Waals surface area contributed by atoms with E-state index in [-0.39, 0.29) is 16.5 Å². The quantitative estimate of drug-likeness (QED) is 0.403. The van der Waals surface area contributed by atoms with Gasteiger partial charge in [-0.1, -0.05) is 78.3 Å². The molecule has 1 N–H and O–H groups in total. The van der Waals surface area contributed by atoms with Crippen molar-refractivity contribution in [3.05, 3.63) is 112 Å². The van der Waals surface area contributed by atoms with Gasteiger partial charge in [0.25, 0.3) is 5.56 Å². The summed E-state index contributed by atoms with van der Waals surface area (Å²) in [5, 5.41) is 11.2. The summed E-state index contributed by atoms with van der Waals surface area (Å²) < 4.78 is 0.981. The van der Waals surface area contributed by atoms with Crippen molar-refractivity contribution in [3.63, 3.8) is 0 Å². The van der Waals surface area contributed by atoms with Gasteiger partial charge < -0.3 is 5.11 Å². The highest BCUT2D eigenvalue weighted by atomic mass is 35.5. The van der Waals surface area contributed by atoms with Crippen LogP contribution in [-0.4, -0.2) is 20.4 Å². The maximum absolute atomic E-state index is 13.3. The van der Waals surface area contributed by atoms with Crippen LogP contribution in [-0.2, 0) is 0 Å². The summed E-state index contributed by atoms with van der Waals surface area (Å²) in [6.45, 7) is 0. The standard InChI is InChI=1S/C23H15ClN2O3/c24-18-12-7-13-19(25-18)26-20(27)14-17(15-8-3-1-4-9-15)21(23(26)29)22(28)16-10-5-2-6-11-16/h1-14,29H. The van der Waals surface area contributed by atoms with Gasteiger partial charge in [-0.2, -0.15) is 0 Å². The molecule has 2 aromatic heterocycles. The average Bonchev–Trinajstić information content (AvgIpc) is 2.74. The first-order chi connectivity index (χ1) is 14.1. The Kier molecular flexibility index (Phi) is 4.97. The smallest absolute Gasteiger partial charge is 0.259 e. The second-order valence-electron chi connectivity index (χ2n) is 6.31. The van der Waals surface area contributed by atoms with Gasteiger partial charge in [-0.3, -0.25) is 9.59 Å². The molecule has 0 fully saturated rings. The van der Waals surface area contributed by atoms with Crippen molar-refractivity contribution < 1.29 is 9.90 Å². The first-order valence-corrected chi connectivity index (χ1v) is 9.21. The summed E-state index contributed by atoms with van der Waals surface area (Å²) in [5.41, 5.74) is 0.874. The zero-order chi connectivity index (χ0) is 20.4. The predicted molar refractivity (Wildman–Crippen MR) is 112 cm³/mol. The van der Waals surface area contributed by atoms with E-state index in [1.165, 1.54) is 12.1 Å². The molecule has 2 aromatic carbocycles. The largest absolute Gasteiger partial charge is 0.494 e. The number of aromatic nitrogens is 2. The van der Waals surface area contributed by atoms with E-state index < -0.39 is 17.2 Å². The van der Waals surface area contributed by atoms with Gasteiger partial charge in [0.05, 0.1) is 5.56 Å². The van der Waals surface area contributed by atoms with Crippen LogP contribution >= 0.6 is 11.6 Å². The van der Waals surface area contributed by atoms with E-state index >= 15 is 0 Å². The molecule has 0 aliphatic rings. The molecule has 2 heterocycles. The van der Waals surface area contributed by atoms with Crippen LogP contribution in [0.5, 0.6) is 5.88 Å². The van der Waals surface area contributed by atoms with Gasteiger partial charge in [-0.25, -0.2) is 9.55 Å². The minimum atomic E-state index is -0.527. The van der Waals surface area contributed by atoms with Crippen molar-refractivity contribution in [2.75, 3.05) is 0 Å². The molecule has 0 aliphatic carbocycles. The molecule has 0 bridgehead atoms. The minimum Gasteiger partial charge on any atom is -0.494 e. The summed E-state index contributed by atoms with van der Waals surface area (Å²) in [4.78, 5) is 30.3. The second-order valence-corrected chi connectivity index (χ2v) is 6.70. The molecule has 4 aromatic rings. The molecule has 0 spiro atoms. The number of halogens is 1. The van der Waals surface area contributed by atoms with Gasteiger partial charge in [-0.05, 0) is 17.7 Å². The van der Waals surface area contributed by atoms with Crippen LogP contribution in [0.15, 0.2) is 89.7 Å². The number of carbonyl (C=O) groups excluding carboxylic acids is 1. The van der Waals surface area contributed by atoms with Crippen LogP contribution in [0.4, 0.5) is 0 Å². The molecule has 0 amide bonds. The van der Waals surface area contributed by atoms with E-state index in [0.717, 1.165) is 4.57 Å². The van der Waals surface area contributed by atoms with E-state index in [9.17, 15) is 14.7 Å².